The number of nitrogens with one attached hydrogen (secondary N) is 1. The van der Waals surface area contributed by atoms with E-state index in [1.165, 1.54) is 9.08 Å². The Labute approximate surface area is 186 Å². The van der Waals surface area contributed by atoms with Gasteiger partial charge in [0, 0.05) is 23.6 Å². The van der Waals surface area contributed by atoms with Crippen LogP contribution in [0, 0.1) is 6.92 Å². The highest BCUT2D eigenvalue weighted by molar-refractivity contribution is 5.90. The molecule has 1 amide bonds. The summed E-state index contributed by atoms with van der Waals surface area (Å²) in [4.78, 5) is 25.3. The van der Waals surface area contributed by atoms with Crippen LogP contribution >= 0.6 is 0 Å². The Balaban J connectivity index is 1.50. The molecule has 164 valence electrons. The molecule has 0 unspecified atom stereocenters. The molecule has 7 heteroatoms. The molecule has 0 bridgehead atoms. The minimum atomic E-state index is -0.273. The maximum atomic E-state index is 12.9. The van der Waals surface area contributed by atoms with Crippen molar-refractivity contribution in [1.29, 1.82) is 0 Å². The lowest BCUT2D eigenvalue weighted by Gasteiger charge is -2.08. The number of carbonyl (C=O) groups excluding carboxylic acids is 1. The zero-order chi connectivity index (χ0) is 22.5. The van der Waals surface area contributed by atoms with E-state index in [1.807, 2.05) is 55.5 Å². The lowest BCUT2D eigenvalue weighted by molar-refractivity contribution is -0.116. The normalized spacial score (nSPS) is 10.9. The lowest BCUT2D eigenvalue weighted by atomic mass is 10.1. The molecular formula is C25H26N4O3. The molecule has 2 heterocycles. The predicted molar refractivity (Wildman–Crippen MR) is 125 cm³/mol. The quantitative estimate of drug-likeness (QED) is 0.423. The van der Waals surface area contributed by atoms with E-state index in [2.05, 4.69) is 17.3 Å². The van der Waals surface area contributed by atoms with Gasteiger partial charge in [0.15, 0.2) is 0 Å². The van der Waals surface area contributed by atoms with E-state index in [1.54, 1.807) is 18.5 Å². The Morgan fingerprint density at radius 3 is 2.53 bits per heavy atom. The van der Waals surface area contributed by atoms with Crippen molar-refractivity contribution in [3.8, 4) is 17.0 Å². The lowest BCUT2D eigenvalue weighted by Crippen LogP contribution is -2.28. The van der Waals surface area contributed by atoms with Gasteiger partial charge in [0.05, 0.1) is 12.3 Å². The van der Waals surface area contributed by atoms with Gasteiger partial charge >= 0.3 is 0 Å². The van der Waals surface area contributed by atoms with E-state index in [4.69, 9.17) is 4.74 Å². The average molecular weight is 431 g/mol. The number of hydrogen-bond donors (Lipinski definition) is 1. The third-order valence-corrected chi connectivity index (χ3v) is 5.17. The van der Waals surface area contributed by atoms with Crippen LogP contribution in [0.25, 0.3) is 16.8 Å². The van der Waals surface area contributed by atoms with Gasteiger partial charge in [-0.25, -0.2) is 4.52 Å². The van der Waals surface area contributed by atoms with E-state index < -0.39 is 0 Å². The van der Waals surface area contributed by atoms with Crippen LogP contribution in [-0.2, 0) is 11.3 Å². The van der Waals surface area contributed by atoms with Gasteiger partial charge in [-0.2, -0.15) is 5.10 Å². The van der Waals surface area contributed by atoms with Gasteiger partial charge < -0.3 is 14.6 Å². The molecular weight excluding hydrogens is 404 g/mol. The fourth-order valence-electron chi connectivity index (χ4n) is 3.34. The highest BCUT2D eigenvalue weighted by Gasteiger charge is 2.12. The van der Waals surface area contributed by atoms with Crippen molar-refractivity contribution in [1.82, 2.24) is 14.2 Å². The van der Waals surface area contributed by atoms with Crippen LogP contribution in [0.5, 0.6) is 5.75 Å². The second-order valence-electron chi connectivity index (χ2n) is 7.73. The number of carbonyl (C=O) groups is 1. The molecule has 2 aromatic heterocycles. The van der Waals surface area contributed by atoms with Crippen molar-refractivity contribution in [2.45, 2.75) is 33.2 Å². The molecule has 0 radical (unpaired) electrons. The van der Waals surface area contributed by atoms with Gasteiger partial charge in [0.2, 0.25) is 5.91 Å². The predicted octanol–water partition coefficient (Wildman–Crippen LogP) is 4.29. The van der Waals surface area contributed by atoms with E-state index >= 15 is 0 Å². The molecule has 0 saturated carbocycles. The number of rotatable bonds is 8. The van der Waals surface area contributed by atoms with Crippen molar-refractivity contribution >= 4 is 17.1 Å². The summed E-state index contributed by atoms with van der Waals surface area (Å²) in [6.45, 7) is 4.73. The molecule has 2 aromatic carbocycles. The van der Waals surface area contributed by atoms with Crippen LogP contribution in [0.3, 0.4) is 0 Å². The fourth-order valence-corrected chi connectivity index (χ4v) is 3.34. The van der Waals surface area contributed by atoms with Crippen LogP contribution in [0.4, 0.5) is 5.69 Å². The number of nitrogens with zero attached hydrogens (tertiary/aromatic N) is 3. The Morgan fingerprint density at radius 1 is 1.06 bits per heavy atom. The van der Waals surface area contributed by atoms with Crippen LogP contribution in [0.15, 0.2) is 71.8 Å². The van der Waals surface area contributed by atoms with Gasteiger partial charge in [0.25, 0.3) is 5.56 Å². The van der Waals surface area contributed by atoms with Crippen molar-refractivity contribution in [3.05, 3.63) is 82.9 Å². The number of unbranched alkanes of at least 4 members (excludes halogenated alkanes) is 1. The highest BCUT2D eigenvalue weighted by atomic mass is 16.5. The first-order valence-electron chi connectivity index (χ1n) is 10.7. The van der Waals surface area contributed by atoms with Gasteiger partial charge in [-0.3, -0.25) is 9.59 Å². The number of aromatic nitrogens is 3. The van der Waals surface area contributed by atoms with Crippen molar-refractivity contribution in [2.75, 3.05) is 11.9 Å². The third-order valence-electron chi connectivity index (χ3n) is 5.17. The Hall–Kier alpha value is -3.87. The first-order chi connectivity index (χ1) is 15.5. The van der Waals surface area contributed by atoms with Crippen LogP contribution in [0.2, 0.25) is 0 Å². The zero-order valence-electron chi connectivity index (χ0n) is 18.2. The van der Waals surface area contributed by atoms with Crippen LogP contribution in [-0.4, -0.2) is 26.7 Å². The number of anilines is 1. The number of fused-ring (bicyclic) bond motifs is 1. The van der Waals surface area contributed by atoms with Crippen molar-refractivity contribution in [3.63, 3.8) is 0 Å². The molecule has 0 fully saturated rings. The first-order valence-corrected chi connectivity index (χ1v) is 10.7. The topological polar surface area (TPSA) is 77.6 Å². The summed E-state index contributed by atoms with van der Waals surface area (Å²) in [6, 6.07) is 16.9. The standard InChI is InChI=1S/C25H26N4O3/c1-3-4-15-32-21-11-7-19(8-12-21)22-16-23-25(31)28(13-14-29(23)27-22)17-24(30)26-20-9-5-18(2)6-10-20/h5-14,16H,3-4,15,17H2,1-2H3,(H,26,30). The molecule has 0 aliphatic rings. The highest BCUT2D eigenvalue weighted by Crippen LogP contribution is 2.22. The number of benzene rings is 2. The minimum Gasteiger partial charge on any atom is -0.494 e. The third kappa shape index (κ3) is 4.88. The maximum Gasteiger partial charge on any atom is 0.277 e. The molecule has 32 heavy (non-hydrogen) atoms. The summed E-state index contributed by atoms with van der Waals surface area (Å²) < 4.78 is 8.62. The summed E-state index contributed by atoms with van der Waals surface area (Å²) in [5, 5.41) is 7.32. The number of ether oxygens (including phenoxy) is 1. The smallest absolute Gasteiger partial charge is 0.277 e. The van der Waals surface area contributed by atoms with E-state index in [-0.39, 0.29) is 18.0 Å². The summed E-state index contributed by atoms with van der Waals surface area (Å²) in [5.74, 6) is 0.548. The van der Waals surface area contributed by atoms with Gasteiger partial charge in [-0.15, -0.1) is 0 Å². The van der Waals surface area contributed by atoms with Gasteiger partial charge in [0.1, 0.15) is 17.8 Å². The Morgan fingerprint density at radius 2 is 1.81 bits per heavy atom. The monoisotopic (exact) mass is 430 g/mol. The molecule has 0 aliphatic heterocycles. The molecule has 4 rings (SSSR count). The average Bonchev–Trinajstić information content (AvgIpc) is 3.23. The molecule has 0 saturated heterocycles. The van der Waals surface area contributed by atoms with Crippen LogP contribution < -0.4 is 15.6 Å². The molecule has 0 spiro atoms. The second-order valence-corrected chi connectivity index (χ2v) is 7.73. The molecule has 4 aromatic rings. The van der Waals surface area contributed by atoms with E-state index in [0.717, 1.165) is 29.7 Å². The zero-order valence-corrected chi connectivity index (χ0v) is 18.2. The number of amides is 1. The summed E-state index contributed by atoms with van der Waals surface area (Å²) in [5.41, 5.74) is 3.52. The number of hydrogen-bond acceptors (Lipinski definition) is 4. The SMILES string of the molecule is CCCCOc1ccc(-c2cc3c(=O)n(CC(=O)Nc4ccc(C)cc4)ccn3n2)cc1. The fraction of sp³-hybridized carbons (Fsp3) is 0.240. The molecule has 1 N–H and O–H groups in total. The van der Waals surface area contributed by atoms with E-state index in [9.17, 15) is 9.59 Å². The summed E-state index contributed by atoms with van der Waals surface area (Å²) in [6.07, 6.45) is 5.36. The van der Waals surface area contributed by atoms with Crippen LogP contribution in [0.1, 0.15) is 25.3 Å². The van der Waals surface area contributed by atoms with Crippen molar-refractivity contribution < 1.29 is 9.53 Å². The van der Waals surface area contributed by atoms with Gasteiger partial charge in [-0.1, -0.05) is 31.0 Å². The number of aryl methyl sites for hydroxylation is 1. The molecule has 7 nitrogen and oxygen atoms in total. The Kier molecular flexibility index (Phi) is 6.35. The Bertz CT molecular complexity index is 1270. The van der Waals surface area contributed by atoms with Gasteiger partial charge in [-0.05, 0) is 55.8 Å². The first kappa shape index (κ1) is 21.4. The largest absolute Gasteiger partial charge is 0.494 e. The molecule has 0 aliphatic carbocycles. The summed E-state index contributed by atoms with van der Waals surface area (Å²) in [7, 11) is 0. The van der Waals surface area contributed by atoms with Crippen molar-refractivity contribution in [2.24, 2.45) is 0 Å². The maximum absolute atomic E-state index is 12.9. The summed E-state index contributed by atoms with van der Waals surface area (Å²) >= 11 is 0. The molecule has 0 atom stereocenters. The minimum absolute atomic E-state index is 0.0759. The van der Waals surface area contributed by atoms with E-state index in [0.29, 0.717) is 23.5 Å². The second kappa shape index (κ2) is 9.51.